The molecule has 4 heteroatoms. The molecular weight excluding hydrogens is 585 g/mol. The maximum atomic E-state index is 9.72. The number of hydrogen-bond donors (Lipinski definition) is 0. The molecule has 2 aromatic heterocycles. The van der Waals surface area contributed by atoms with Gasteiger partial charge < -0.3 is 9.13 Å². The summed E-state index contributed by atoms with van der Waals surface area (Å²) in [5.41, 5.74) is 12.3. The molecule has 0 aliphatic carbocycles. The maximum absolute atomic E-state index is 9.72. The lowest BCUT2D eigenvalue weighted by atomic mass is 9.95. The van der Waals surface area contributed by atoms with Crippen LogP contribution in [-0.2, 0) is 0 Å². The molecule has 0 saturated heterocycles. The third kappa shape index (κ3) is 4.14. The smallest absolute Gasteiger partial charge is 0.0991 e. The molecule has 0 radical (unpaired) electrons. The third-order valence-electron chi connectivity index (χ3n) is 9.37. The SMILES string of the molecule is N#Cc1ccc(-n2c3ccccc3c3c(-c4cccc(-c5cccc6c7cc(C#N)ccc7n(-c7ccccc7)c56)c4)cccc32)cc1. The van der Waals surface area contributed by atoms with Crippen LogP contribution in [0.5, 0.6) is 0 Å². The Labute approximate surface area is 277 Å². The number of nitrogens with zero attached hydrogens (tertiary/aromatic N) is 4. The summed E-state index contributed by atoms with van der Waals surface area (Å²) in [6.45, 7) is 0. The Bertz CT molecular complexity index is 2790. The zero-order valence-electron chi connectivity index (χ0n) is 25.8. The number of rotatable bonds is 4. The van der Waals surface area contributed by atoms with Gasteiger partial charge in [0.05, 0.1) is 45.3 Å². The van der Waals surface area contributed by atoms with E-state index < -0.39 is 0 Å². The average Bonchev–Trinajstić information content (AvgIpc) is 3.68. The van der Waals surface area contributed by atoms with Gasteiger partial charge in [-0.3, -0.25) is 0 Å². The molecule has 7 aromatic carbocycles. The van der Waals surface area contributed by atoms with Crippen LogP contribution in [0, 0.1) is 22.7 Å². The second-order valence-electron chi connectivity index (χ2n) is 12.0. The summed E-state index contributed by atoms with van der Waals surface area (Å²) in [7, 11) is 0. The highest BCUT2D eigenvalue weighted by Crippen LogP contribution is 2.42. The lowest BCUT2D eigenvalue weighted by Crippen LogP contribution is -1.95. The third-order valence-corrected chi connectivity index (χ3v) is 9.37. The van der Waals surface area contributed by atoms with Crippen molar-refractivity contribution in [2.45, 2.75) is 0 Å². The van der Waals surface area contributed by atoms with Crippen molar-refractivity contribution in [2.24, 2.45) is 0 Å². The van der Waals surface area contributed by atoms with E-state index in [2.05, 4.69) is 137 Å². The second-order valence-corrected chi connectivity index (χ2v) is 12.0. The van der Waals surface area contributed by atoms with Crippen LogP contribution in [-0.4, -0.2) is 9.13 Å². The first-order valence-electron chi connectivity index (χ1n) is 15.9. The van der Waals surface area contributed by atoms with Gasteiger partial charge in [0.1, 0.15) is 0 Å². The van der Waals surface area contributed by atoms with E-state index in [0.29, 0.717) is 11.1 Å². The van der Waals surface area contributed by atoms with E-state index in [9.17, 15) is 10.5 Å². The van der Waals surface area contributed by atoms with E-state index in [0.717, 1.165) is 66.5 Å². The summed E-state index contributed by atoms with van der Waals surface area (Å²) in [5, 5.41) is 23.7. The highest BCUT2D eigenvalue weighted by molar-refractivity contribution is 6.17. The van der Waals surface area contributed by atoms with Crippen LogP contribution in [0.2, 0.25) is 0 Å². The van der Waals surface area contributed by atoms with Crippen molar-refractivity contribution < 1.29 is 0 Å². The van der Waals surface area contributed by atoms with Gasteiger partial charge in [0.2, 0.25) is 0 Å². The van der Waals surface area contributed by atoms with E-state index >= 15 is 0 Å². The summed E-state index contributed by atoms with van der Waals surface area (Å²) >= 11 is 0. The summed E-state index contributed by atoms with van der Waals surface area (Å²) < 4.78 is 4.60. The average molecular weight is 611 g/mol. The van der Waals surface area contributed by atoms with Crippen molar-refractivity contribution in [3.05, 3.63) is 169 Å². The van der Waals surface area contributed by atoms with Crippen molar-refractivity contribution in [2.75, 3.05) is 0 Å². The van der Waals surface area contributed by atoms with Crippen molar-refractivity contribution in [1.29, 1.82) is 10.5 Å². The molecule has 9 rings (SSSR count). The summed E-state index contributed by atoms with van der Waals surface area (Å²) in [5.74, 6) is 0. The van der Waals surface area contributed by atoms with Gasteiger partial charge in [-0.25, -0.2) is 0 Å². The van der Waals surface area contributed by atoms with Crippen molar-refractivity contribution >= 4 is 43.6 Å². The normalized spacial score (nSPS) is 11.3. The molecule has 0 atom stereocenters. The van der Waals surface area contributed by atoms with E-state index in [-0.39, 0.29) is 0 Å². The lowest BCUT2D eigenvalue weighted by molar-refractivity contribution is 1.18. The minimum Gasteiger partial charge on any atom is -0.309 e. The Balaban J connectivity index is 1.29. The number of nitriles is 2. The molecular formula is C44H26N4. The number of fused-ring (bicyclic) bond motifs is 6. The molecule has 0 bridgehead atoms. The zero-order chi connectivity index (χ0) is 32.2. The Kier molecular flexibility index (Phi) is 6.22. The van der Waals surface area contributed by atoms with Crippen molar-refractivity contribution in [3.63, 3.8) is 0 Å². The summed E-state index contributed by atoms with van der Waals surface area (Å²) in [4.78, 5) is 0. The van der Waals surface area contributed by atoms with Crippen molar-refractivity contribution in [1.82, 2.24) is 9.13 Å². The topological polar surface area (TPSA) is 57.4 Å². The van der Waals surface area contributed by atoms with Crippen LogP contribution in [0.3, 0.4) is 0 Å². The number of aromatic nitrogens is 2. The molecule has 0 spiro atoms. The van der Waals surface area contributed by atoms with E-state index in [4.69, 9.17) is 0 Å². The molecule has 0 N–H and O–H groups in total. The van der Waals surface area contributed by atoms with E-state index in [1.54, 1.807) is 0 Å². The Morgan fingerprint density at radius 2 is 1.00 bits per heavy atom. The molecule has 0 unspecified atom stereocenters. The largest absolute Gasteiger partial charge is 0.309 e. The molecule has 2 heterocycles. The molecule has 0 aliphatic heterocycles. The van der Waals surface area contributed by atoms with Gasteiger partial charge in [-0.1, -0.05) is 84.9 Å². The summed E-state index contributed by atoms with van der Waals surface area (Å²) in [6, 6.07) is 59.1. The summed E-state index contributed by atoms with van der Waals surface area (Å²) in [6.07, 6.45) is 0. The van der Waals surface area contributed by atoms with Crippen LogP contribution >= 0.6 is 0 Å². The predicted octanol–water partition coefficient (Wildman–Crippen LogP) is 11.0. The fourth-order valence-corrected chi connectivity index (χ4v) is 7.29. The number of hydrogen-bond acceptors (Lipinski definition) is 2. The monoisotopic (exact) mass is 610 g/mol. The van der Waals surface area contributed by atoms with Gasteiger partial charge in [0.25, 0.3) is 0 Å². The highest BCUT2D eigenvalue weighted by atomic mass is 15.0. The lowest BCUT2D eigenvalue weighted by Gasteiger charge is -2.13. The maximum Gasteiger partial charge on any atom is 0.0991 e. The first-order valence-corrected chi connectivity index (χ1v) is 15.9. The zero-order valence-corrected chi connectivity index (χ0v) is 25.8. The van der Waals surface area contributed by atoms with Crippen molar-refractivity contribution in [3.8, 4) is 45.8 Å². The van der Waals surface area contributed by atoms with Gasteiger partial charge in [0, 0.05) is 38.5 Å². The van der Waals surface area contributed by atoms with E-state index in [1.807, 2.05) is 42.5 Å². The van der Waals surface area contributed by atoms with Gasteiger partial charge in [-0.15, -0.1) is 0 Å². The molecule has 0 aliphatic rings. The fraction of sp³-hybridized carbons (Fsp3) is 0. The first kappa shape index (κ1) is 27.4. The molecule has 4 nitrogen and oxygen atoms in total. The van der Waals surface area contributed by atoms with Crippen LogP contribution in [0.4, 0.5) is 0 Å². The van der Waals surface area contributed by atoms with Gasteiger partial charge in [-0.05, 0) is 89.5 Å². The molecule has 9 aromatic rings. The van der Waals surface area contributed by atoms with Crippen LogP contribution < -0.4 is 0 Å². The van der Waals surface area contributed by atoms with Crippen LogP contribution in [0.15, 0.2) is 158 Å². The minimum atomic E-state index is 0.642. The van der Waals surface area contributed by atoms with Gasteiger partial charge >= 0.3 is 0 Å². The Morgan fingerprint density at radius 1 is 0.396 bits per heavy atom. The van der Waals surface area contributed by atoms with Crippen LogP contribution in [0.25, 0.3) is 77.2 Å². The minimum absolute atomic E-state index is 0.642. The molecule has 0 fully saturated rings. The highest BCUT2D eigenvalue weighted by Gasteiger charge is 2.19. The standard InChI is InChI=1S/C44H26N4/c45-27-29-19-22-34(23-20-29)47-40-17-5-4-13-38(40)43-35(14-8-18-42(43)47)31-9-6-10-32(26-31)36-15-7-16-37-39-25-30(28-46)21-24-41(39)48(44(36)37)33-11-2-1-3-12-33/h1-26H. The second kappa shape index (κ2) is 10.9. The van der Waals surface area contributed by atoms with E-state index in [1.165, 1.54) is 10.8 Å². The predicted molar refractivity (Wildman–Crippen MR) is 195 cm³/mol. The molecule has 222 valence electrons. The number of benzene rings is 7. The van der Waals surface area contributed by atoms with Crippen LogP contribution in [0.1, 0.15) is 11.1 Å². The molecule has 0 saturated carbocycles. The quantitative estimate of drug-likeness (QED) is 0.199. The molecule has 0 amide bonds. The van der Waals surface area contributed by atoms with Gasteiger partial charge in [-0.2, -0.15) is 10.5 Å². The Hall–Kier alpha value is -6.88. The number of para-hydroxylation sites is 3. The van der Waals surface area contributed by atoms with Gasteiger partial charge in [0.15, 0.2) is 0 Å². The fourth-order valence-electron chi connectivity index (χ4n) is 7.29. The first-order chi connectivity index (χ1) is 23.7. The Morgan fingerprint density at radius 3 is 1.81 bits per heavy atom. The molecule has 48 heavy (non-hydrogen) atoms.